The fourth-order valence-electron chi connectivity index (χ4n) is 0.866. The molecule has 0 N–H and O–H groups in total. The fourth-order valence-corrected chi connectivity index (χ4v) is 0.866. The van der Waals surface area contributed by atoms with Crippen molar-refractivity contribution in [2.75, 3.05) is 0 Å². The van der Waals surface area contributed by atoms with E-state index in [2.05, 4.69) is 10.1 Å². The lowest BCUT2D eigenvalue weighted by atomic mass is 10.2. The normalized spacial score (nSPS) is 10.7. The molecule has 0 radical (unpaired) electrons. The molecule has 0 fully saturated rings. The van der Waals surface area contributed by atoms with E-state index in [9.17, 15) is 4.79 Å². The zero-order valence-corrected chi connectivity index (χ0v) is 7.61. The van der Waals surface area contributed by atoms with E-state index in [1.807, 2.05) is 20.8 Å². The Bertz CT molecular complexity index is 316. The minimum atomic E-state index is -0.276. The van der Waals surface area contributed by atoms with Crippen LogP contribution in [0.15, 0.2) is 11.0 Å². The molecule has 0 aliphatic heterocycles. The van der Waals surface area contributed by atoms with Crippen LogP contribution in [0.25, 0.3) is 0 Å². The smallest absolute Gasteiger partial charge is 0.244 e. The first kappa shape index (κ1) is 8.90. The third kappa shape index (κ3) is 1.69. The lowest BCUT2D eigenvalue weighted by Gasteiger charge is -2.05. The summed E-state index contributed by atoms with van der Waals surface area (Å²) in [6.07, 6.45) is 1.54. The predicted molar refractivity (Wildman–Crippen MR) is 46.1 cm³/mol. The van der Waals surface area contributed by atoms with Crippen molar-refractivity contribution in [1.29, 1.82) is 0 Å². The molecule has 4 heteroatoms. The molecule has 1 rings (SSSR count). The van der Waals surface area contributed by atoms with E-state index in [4.69, 9.17) is 0 Å². The van der Waals surface area contributed by atoms with E-state index in [1.165, 1.54) is 4.68 Å². The number of rotatable bonds is 2. The van der Waals surface area contributed by atoms with Gasteiger partial charge < -0.3 is 0 Å². The molecule has 0 bridgehead atoms. The van der Waals surface area contributed by atoms with Crippen LogP contribution in [0.2, 0.25) is 0 Å². The molecule has 66 valence electrons. The predicted octanol–water partition coefficient (Wildman–Crippen LogP) is 0.782. The Morgan fingerprint density at radius 1 is 1.58 bits per heavy atom. The van der Waals surface area contributed by atoms with Gasteiger partial charge in [0.2, 0.25) is 0 Å². The average molecular weight is 167 g/mol. The number of aryl methyl sites for hydroxylation is 1. The van der Waals surface area contributed by atoms with Gasteiger partial charge in [0.15, 0.2) is 0 Å². The minimum absolute atomic E-state index is 0.276. The standard InChI is InChI=1S/C8H13N3O/c1-4-11-8(12)9-5-7(10-11)6(2)3/h5-6H,4H2,1-3H3. The van der Waals surface area contributed by atoms with Gasteiger partial charge in [-0.3, -0.25) is 0 Å². The van der Waals surface area contributed by atoms with Crippen LogP contribution >= 0.6 is 0 Å². The zero-order valence-electron chi connectivity index (χ0n) is 7.61. The molecular weight excluding hydrogens is 154 g/mol. The third-order valence-corrected chi connectivity index (χ3v) is 1.66. The van der Waals surface area contributed by atoms with Gasteiger partial charge in [-0.25, -0.2) is 9.48 Å². The molecule has 0 spiro atoms. The summed E-state index contributed by atoms with van der Waals surface area (Å²) in [7, 11) is 0. The van der Waals surface area contributed by atoms with Crippen LogP contribution in [-0.4, -0.2) is 14.8 Å². The van der Waals surface area contributed by atoms with E-state index in [1.54, 1.807) is 6.20 Å². The van der Waals surface area contributed by atoms with Crippen molar-refractivity contribution in [1.82, 2.24) is 14.8 Å². The largest absolute Gasteiger partial charge is 0.363 e. The summed E-state index contributed by atoms with van der Waals surface area (Å²) in [5, 5.41) is 4.13. The lowest BCUT2D eigenvalue weighted by molar-refractivity contribution is 0.563. The molecule has 1 heterocycles. The summed E-state index contributed by atoms with van der Waals surface area (Å²) in [6.45, 7) is 6.50. The molecule has 0 atom stereocenters. The van der Waals surface area contributed by atoms with Gasteiger partial charge in [-0.1, -0.05) is 13.8 Å². The quantitative estimate of drug-likeness (QED) is 0.654. The molecule has 0 aliphatic rings. The number of aromatic nitrogens is 3. The van der Waals surface area contributed by atoms with E-state index < -0.39 is 0 Å². The summed E-state index contributed by atoms with van der Waals surface area (Å²) in [4.78, 5) is 14.7. The van der Waals surface area contributed by atoms with E-state index in [0.29, 0.717) is 12.5 Å². The summed E-state index contributed by atoms with van der Waals surface area (Å²) in [5.74, 6) is 0.316. The zero-order chi connectivity index (χ0) is 9.14. The number of hydrogen-bond acceptors (Lipinski definition) is 3. The number of nitrogens with zero attached hydrogens (tertiary/aromatic N) is 3. The van der Waals surface area contributed by atoms with Crippen molar-refractivity contribution in [2.45, 2.75) is 33.2 Å². The van der Waals surface area contributed by atoms with Crippen LogP contribution in [0, 0.1) is 0 Å². The van der Waals surface area contributed by atoms with Crippen LogP contribution in [0.1, 0.15) is 32.4 Å². The highest BCUT2D eigenvalue weighted by Crippen LogP contribution is 2.06. The number of hydrogen-bond donors (Lipinski definition) is 0. The van der Waals surface area contributed by atoms with E-state index in [0.717, 1.165) is 5.69 Å². The van der Waals surface area contributed by atoms with Gasteiger partial charge in [0, 0.05) is 6.54 Å². The maximum absolute atomic E-state index is 11.0. The second-order valence-corrected chi connectivity index (χ2v) is 2.94. The first-order chi connectivity index (χ1) is 5.65. The highest BCUT2D eigenvalue weighted by atomic mass is 16.1. The Morgan fingerprint density at radius 3 is 2.75 bits per heavy atom. The van der Waals surface area contributed by atoms with Crippen molar-refractivity contribution in [2.24, 2.45) is 0 Å². The Hall–Kier alpha value is -1.19. The first-order valence-electron chi connectivity index (χ1n) is 4.09. The van der Waals surface area contributed by atoms with Gasteiger partial charge in [0.1, 0.15) is 0 Å². The van der Waals surface area contributed by atoms with Gasteiger partial charge in [-0.05, 0) is 12.8 Å². The van der Waals surface area contributed by atoms with Crippen LogP contribution in [0.5, 0.6) is 0 Å². The third-order valence-electron chi connectivity index (χ3n) is 1.66. The van der Waals surface area contributed by atoms with Crippen LogP contribution in [0.4, 0.5) is 0 Å². The highest BCUT2D eigenvalue weighted by molar-refractivity contribution is 4.97. The monoisotopic (exact) mass is 167 g/mol. The Balaban J connectivity index is 3.14. The second-order valence-electron chi connectivity index (χ2n) is 2.94. The van der Waals surface area contributed by atoms with Gasteiger partial charge in [0.05, 0.1) is 11.9 Å². The maximum atomic E-state index is 11.0. The Labute approximate surface area is 71.3 Å². The molecule has 1 aromatic heterocycles. The van der Waals surface area contributed by atoms with Gasteiger partial charge in [0.25, 0.3) is 0 Å². The van der Waals surface area contributed by atoms with E-state index >= 15 is 0 Å². The van der Waals surface area contributed by atoms with Crippen molar-refractivity contribution >= 4 is 0 Å². The van der Waals surface area contributed by atoms with Gasteiger partial charge >= 0.3 is 5.69 Å². The topological polar surface area (TPSA) is 47.8 Å². The molecular formula is C8H13N3O. The van der Waals surface area contributed by atoms with E-state index in [-0.39, 0.29) is 5.69 Å². The highest BCUT2D eigenvalue weighted by Gasteiger charge is 2.03. The molecule has 0 aliphatic carbocycles. The maximum Gasteiger partial charge on any atom is 0.363 e. The SMILES string of the molecule is CCn1nc(C(C)C)cnc1=O. The Morgan fingerprint density at radius 2 is 2.25 bits per heavy atom. The first-order valence-corrected chi connectivity index (χ1v) is 4.09. The lowest BCUT2D eigenvalue weighted by Crippen LogP contribution is -2.25. The molecule has 0 saturated carbocycles. The van der Waals surface area contributed by atoms with Crippen LogP contribution < -0.4 is 5.69 Å². The minimum Gasteiger partial charge on any atom is -0.244 e. The molecule has 12 heavy (non-hydrogen) atoms. The summed E-state index contributed by atoms with van der Waals surface area (Å²) < 4.78 is 1.37. The van der Waals surface area contributed by atoms with Crippen molar-refractivity contribution in [3.63, 3.8) is 0 Å². The average Bonchev–Trinajstić information content (AvgIpc) is 2.05. The van der Waals surface area contributed by atoms with Gasteiger partial charge in [-0.15, -0.1) is 0 Å². The van der Waals surface area contributed by atoms with Crippen LogP contribution in [-0.2, 0) is 6.54 Å². The molecule has 0 unspecified atom stereocenters. The molecule has 0 amide bonds. The Kier molecular flexibility index (Phi) is 2.58. The van der Waals surface area contributed by atoms with Crippen molar-refractivity contribution < 1.29 is 0 Å². The molecule has 0 saturated heterocycles. The fraction of sp³-hybridized carbons (Fsp3) is 0.625. The summed E-state index contributed by atoms with van der Waals surface area (Å²) in [5.41, 5.74) is 0.582. The molecule has 0 aromatic carbocycles. The van der Waals surface area contributed by atoms with Crippen molar-refractivity contribution in [3.8, 4) is 0 Å². The summed E-state index contributed by atoms with van der Waals surface area (Å²) >= 11 is 0. The summed E-state index contributed by atoms with van der Waals surface area (Å²) in [6, 6.07) is 0. The molecule has 4 nitrogen and oxygen atoms in total. The molecule has 1 aromatic rings. The van der Waals surface area contributed by atoms with Gasteiger partial charge in [-0.2, -0.15) is 10.1 Å². The second kappa shape index (κ2) is 3.47. The van der Waals surface area contributed by atoms with Crippen LogP contribution in [0.3, 0.4) is 0 Å². The van der Waals surface area contributed by atoms with Crippen molar-refractivity contribution in [3.05, 3.63) is 22.4 Å².